The summed E-state index contributed by atoms with van der Waals surface area (Å²) < 4.78 is 29.8. The van der Waals surface area contributed by atoms with E-state index >= 15 is 0 Å². The van der Waals surface area contributed by atoms with Crippen LogP contribution in [-0.2, 0) is 21.2 Å². The van der Waals surface area contributed by atoms with Crippen molar-refractivity contribution in [3.8, 4) is 0 Å². The first kappa shape index (κ1) is 26.7. The third kappa shape index (κ3) is 6.89. The van der Waals surface area contributed by atoms with E-state index in [0.717, 1.165) is 20.9 Å². The van der Waals surface area contributed by atoms with E-state index in [1.165, 1.54) is 11.8 Å². The van der Waals surface area contributed by atoms with Gasteiger partial charge in [-0.3, -0.25) is 4.79 Å². The summed E-state index contributed by atoms with van der Waals surface area (Å²) in [5, 5.41) is 2.98. The predicted octanol–water partition coefficient (Wildman–Crippen LogP) is 6.29. The molecule has 0 saturated heterocycles. The Bertz CT molecular complexity index is 1470. The number of nitrogens with one attached hydrogen (secondary N) is 2. The normalized spacial score (nSPS) is 12.2. The molecule has 4 rings (SSSR count). The third-order valence-corrected chi connectivity index (χ3v) is 8.75. The van der Waals surface area contributed by atoms with E-state index in [1.807, 2.05) is 104 Å². The Morgan fingerprint density at radius 3 is 2.03 bits per heavy atom. The maximum absolute atomic E-state index is 13.6. The van der Waals surface area contributed by atoms with E-state index in [0.29, 0.717) is 16.8 Å². The van der Waals surface area contributed by atoms with Gasteiger partial charge in [0.15, 0.2) is 0 Å². The number of benzene rings is 4. The number of rotatable bonds is 9. The van der Waals surface area contributed by atoms with Crippen LogP contribution in [0.4, 0.5) is 5.69 Å². The molecule has 0 radical (unpaired) electrons. The lowest BCUT2D eigenvalue weighted by Gasteiger charge is -2.21. The molecule has 0 aromatic heterocycles. The molecule has 1 amide bonds. The summed E-state index contributed by atoms with van der Waals surface area (Å²) in [5.41, 5.74) is 3.76. The number of sulfonamides is 1. The third-order valence-electron chi connectivity index (χ3n) is 5.89. The molecule has 4 aromatic carbocycles. The molecule has 0 spiro atoms. The molecule has 0 bridgehead atoms. The first-order valence-corrected chi connectivity index (χ1v) is 14.3. The van der Waals surface area contributed by atoms with Crippen molar-refractivity contribution >= 4 is 33.4 Å². The van der Waals surface area contributed by atoms with Gasteiger partial charge in [0, 0.05) is 9.79 Å². The molecule has 0 aliphatic rings. The van der Waals surface area contributed by atoms with E-state index in [9.17, 15) is 13.2 Å². The molecule has 4 aromatic rings. The highest BCUT2D eigenvalue weighted by atomic mass is 32.2. The van der Waals surface area contributed by atoms with E-state index in [1.54, 1.807) is 13.8 Å². The molecule has 1 atom stereocenters. The summed E-state index contributed by atoms with van der Waals surface area (Å²) >= 11 is 1.53. The molecule has 0 unspecified atom stereocenters. The Hall–Kier alpha value is -3.39. The lowest BCUT2D eigenvalue weighted by Crippen LogP contribution is -2.45. The molecule has 0 aliphatic heterocycles. The first-order valence-electron chi connectivity index (χ1n) is 12.0. The van der Waals surface area contributed by atoms with Crippen LogP contribution in [0.15, 0.2) is 112 Å². The summed E-state index contributed by atoms with van der Waals surface area (Å²) in [6, 6.07) is 29.5. The summed E-state index contributed by atoms with van der Waals surface area (Å²) in [6.45, 7) is 5.48. The molecule has 37 heavy (non-hydrogen) atoms. The van der Waals surface area contributed by atoms with Gasteiger partial charge in [-0.05, 0) is 68.1 Å². The molecule has 2 N–H and O–H groups in total. The summed E-state index contributed by atoms with van der Waals surface area (Å²) in [7, 11) is -3.97. The second kappa shape index (κ2) is 11.8. The van der Waals surface area contributed by atoms with E-state index in [-0.39, 0.29) is 11.3 Å². The fourth-order valence-electron chi connectivity index (χ4n) is 4.37. The zero-order chi connectivity index (χ0) is 26.4. The van der Waals surface area contributed by atoms with Crippen molar-refractivity contribution in [1.82, 2.24) is 4.72 Å². The van der Waals surface area contributed by atoms with Gasteiger partial charge in [0.1, 0.15) is 6.04 Å². The maximum atomic E-state index is 13.6. The smallest absolute Gasteiger partial charge is 0.242 e. The van der Waals surface area contributed by atoms with Crippen molar-refractivity contribution in [2.45, 2.75) is 47.9 Å². The highest BCUT2D eigenvalue weighted by Crippen LogP contribution is 2.33. The minimum Gasteiger partial charge on any atom is -0.324 e. The predicted molar refractivity (Wildman–Crippen MR) is 151 cm³/mol. The number of hydrogen-bond donors (Lipinski definition) is 2. The zero-order valence-electron chi connectivity index (χ0n) is 21.1. The van der Waals surface area contributed by atoms with Gasteiger partial charge < -0.3 is 5.32 Å². The topological polar surface area (TPSA) is 75.3 Å². The summed E-state index contributed by atoms with van der Waals surface area (Å²) in [4.78, 5) is 15.7. The van der Waals surface area contributed by atoms with Gasteiger partial charge >= 0.3 is 0 Å². The van der Waals surface area contributed by atoms with Gasteiger partial charge in [0.2, 0.25) is 15.9 Å². The van der Waals surface area contributed by atoms with Crippen molar-refractivity contribution in [3.05, 3.63) is 119 Å². The molecule has 0 heterocycles. The van der Waals surface area contributed by atoms with Crippen LogP contribution in [-0.4, -0.2) is 20.4 Å². The van der Waals surface area contributed by atoms with Crippen LogP contribution < -0.4 is 10.0 Å². The Morgan fingerprint density at radius 1 is 0.811 bits per heavy atom. The van der Waals surface area contributed by atoms with Gasteiger partial charge in [0.05, 0.1) is 10.6 Å². The van der Waals surface area contributed by atoms with Gasteiger partial charge in [-0.1, -0.05) is 90.1 Å². The molecular weight excluding hydrogens is 500 g/mol. The lowest BCUT2D eigenvalue weighted by atomic mass is 10.1. The largest absolute Gasteiger partial charge is 0.324 e. The van der Waals surface area contributed by atoms with Crippen LogP contribution in [0.1, 0.15) is 22.3 Å². The molecular formula is C30H30N2O3S2. The average Bonchev–Trinajstić information content (AvgIpc) is 2.85. The standard InChI is InChI=1S/C30H30N2O3S2/c1-21-18-22(2)29(23(3)19-21)37(34,35)32-27(20-24-12-6-4-7-13-24)30(33)31-26-16-10-11-17-28(26)36-25-14-8-5-9-15-25/h4-19,27,32H,20H2,1-3H3,(H,31,33)/t27-/m0/s1. The van der Waals surface area contributed by atoms with E-state index in [2.05, 4.69) is 10.0 Å². The van der Waals surface area contributed by atoms with Crippen molar-refractivity contribution in [1.29, 1.82) is 0 Å². The fraction of sp³-hybridized carbons (Fsp3) is 0.167. The number of amides is 1. The van der Waals surface area contributed by atoms with Crippen molar-refractivity contribution < 1.29 is 13.2 Å². The quantitative estimate of drug-likeness (QED) is 0.267. The van der Waals surface area contributed by atoms with Crippen molar-refractivity contribution in [2.24, 2.45) is 0 Å². The first-order chi connectivity index (χ1) is 17.7. The molecule has 0 fully saturated rings. The molecule has 0 saturated carbocycles. The van der Waals surface area contributed by atoms with Crippen LogP contribution in [0.2, 0.25) is 0 Å². The van der Waals surface area contributed by atoms with E-state index < -0.39 is 22.0 Å². The van der Waals surface area contributed by atoms with Crippen molar-refractivity contribution in [3.63, 3.8) is 0 Å². The highest BCUT2D eigenvalue weighted by Gasteiger charge is 2.29. The molecule has 190 valence electrons. The van der Waals surface area contributed by atoms with Gasteiger partial charge in [0.25, 0.3) is 0 Å². The monoisotopic (exact) mass is 530 g/mol. The van der Waals surface area contributed by atoms with Gasteiger partial charge in [-0.15, -0.1) is 0 Å². The van der Waals surface area contributed by atoms with Crippen LogP contribution in [0.5, 0.6) is 0 Å². The summed E-state index contributed by atoms with van der Waals surface area (Å²) in [5.74, 6) is -0.420. The number of para-hydroxylation sites is 1. The lowest BCUT2D eigenvalue weighted by molar-refractivity contribution is -0.117. The number of anilines is 1. The average molecular weight is 531 g/mol. The van der Waals surface area contributed by atoms with Crippen LogP contribution >= 0.6 is 11.8 Å². The number of aryl methyl sites for hydroxylation is 3. The minimum absolute atomic E-state index is 0.212. The van der Waals surface area contributed by atoms with Crippen LogP contribution in [0, 0.1) is 20.8 Å². The van der Waals surface area contributed by atoms with Crippen LogP contribution in [0.3, 0.4) is 0 Å². The maximum Gasteiger partial charge on any atom is 0.242 e. The van der Waals surface area contributed by atoms with Gasteiger partial charge in [-0.2, -0.15) is 4.72 Å². The van der Waals surface area contributed by atoms with Gasteiger partial charge in [-0.25, -0.2) is 8.42 Å². The Kier molecular flexibility index (Phi) is 8.48. The Balaban J connectivity index is 1.64. The fourth-order valence-corrected chi connectivity index (χ4v) is 6.94. The van der Waals surface area contributed by atoms with Crippen molar-refractivity contribution in [2.75, 3.05) is 5.32 Å². The second-order valence-electron chi connectivity index (χ2n) is 8.99. The number of hydrogen-bond acceptors (Lipinski definition) is 4. The Labute approximate surface area is 223 Å². The van der Waals surface area contributed by atoms with E-state index in [4.69, 9.17) is 0 Å². The van der Waals surface area contributed by atoms with Crippen LogP contribution in [0.25, 0.3) is 0 Å². The molecule has 7 heteroatoms. The minimum atomic E-state index is -3.97. The zero-order valence-corrected chi connectivity index (χ0v) is 22.7. The SMILES string of the molecule is Cc1cc(C)c(S(=O)(=O)N[C@@H](Cc2ccccc2)C(=O)Nc2ccccc2Sc2ccccc2)c(C)c1. The number of carbonyl (C=O) groups is 1. The molecule has 5 nitrogen and oxygen atoms in total. The highest BCUT2D eigenvalue weighted by molar-refractivity contribution is 7.99. The Morgan fingerprint density at radius 2 is 1.38 bits per heavy atom. The number of carbonyl (C=O) groups excluding carboxylic acids is 1. The molecule has 0 aliphatic carbocycles. The summed E-state index contributed by atoms with van der Waals surface area (Å²) in [6.07, 6.45) is 0.212. The second-order valence-corrected chi connectivity index (χ2v) is 11.8.